The minimum absolute atomic E-state index is 0.0685. The Morgan fingerprint density at radius 2 is 2.06 bits per heavy atom. The predicted octanol–water partition coefficient (Wildman–Crippen LogP) is 4.62. The molecule has 3 heteroatoms. The van der Waals surface area contributed by atoms with Crippen molar-refractivity contribution < 1.29 is 4.79 Å². The van der Waals surface area contributed by atoms with E-state index in [2.05, 4.69) is 0 Å². The summed E-state index contributed by atoms with van der Waals surface area (Å²) in [5.41, 5.74) is 0.881. The molecule has 0 aromatic heterocycles. The van der Waals surface area contributed by atoms with Gasteiger partial charge in [-0.2, -0.15) is 0 Å². The topological polar surface area (TPSA) is 17.1 Å². The van der Waals surface area contributed by atoms with E-state index in [9.17, 15) is 4.79 Å². The normalized spacial score (nSPS) is 13.0. The zero-order chi connectivity index (χ0) is 12.1. The molecule has 16 heavy (non-hydrogen) atoms. The molecule has 0 saturated heterocycles. The number of benzene rings is 1. The van der Waals surface area contributed by atoms with Crippen molar-refractivity contribution in [2.75, 3.05) is 0 Å². The molecule has 0 heterocycles. The molecule has 0 saturated carbocycles. The minimum Gasteiger partial charge on any atom is -0.295 e. The van der Waals surface area contributed by atoms with E-state index in [1.165, 1.54) is 0 Å². The summed E-state index contributed by atoms with van der Waals surface area (Å²) in [4.78, 5) is 11.6. The Balaban J connectivity index is 2.77. The molecule has 0 fully saturated rings. The number of hydrogen-bond donors (Lipinski definition) is 0. The molecule has 0 bridgehead atoms. The molecule has 1 aromatic rings. The van der Waals surface area contributed by atoms with Gasteiger partial charge >= 0.3 is 0 Å². The Kier molecular flexibility index (Phi) is 5.04. The molecule has 1 aromatic carbocycles. The van der Waals surface area contributed by atoms with E-state index in [0.29, 0.717) is 10.0 Å². The van der Waals surface area contributed by atoms with Gasteiger partial charge < -0.3 is 0 Å². The van der Waals surface area contributed by atoms with Crippen molar-refractivity contribution in [1.29, 1.82) is 0 Å². The summed E-state index contributed by atoms with van der Waals surface area (Å²) in [6, 6.07) is 5.29. The molecule has 1 nitrogen and oxygen atoms in total. The van der Waals surface area contributed by atoms with E-state index in [0.717, 1.165) is 12.0 Å². The van der Waals surface area contributed by atoms with Crippen molar-refractivity contribution >= 4 is 35.1 Å². The average Bonchev–Trinajstić information content (AvgIpc) is 2.29. The Morgan fingerprint density at radius 3 is 2.62 bits per heavy atom. The molecule has 1 rings (SSSR count). The third kappa shape index (κ3) is 3.66. The van der Waals surface area contributed by atoms with E-state index >= 15 is 0 Å². The summed E-state index contributed by atoms with van der Waals surface area (Å²) in [6.45, 7) is 3.91. The first-order chi connectivity index (χ1) is 7.54. The Labute approximate surface area is 106 Å². The maximum absolute atomic E-state index is 11.6. The number of carbonyl (C=O) groups is 1. The fourth-order valence-corrected chi connectivity index (χ4v) is 1.47. The average molecular weight is 257 g/mol. The van der Waals surface area contributed by atoms with Crippen molar-refractivity contribution in [3.05, 3.63) is 39.9 Å². The van der Waals surface area contributed by atoms with Gasteiger partial charge in [-0.15, -0.1) is 0 Å². The van der Waals surface area contributed by atoms with Crippen LogP contribution in [-0.4, -0.2) is 5.78 Å². The first-order valence-corrected chi connectivity index (χ1v) is 5.97. The first-order valence-electron chi connectivity index (χ1n) is 5.21. The molecule has 0 unspecified atom stereocenters. The third-order valence-corrected chi connectivity index (χ3v) is 3.22. The lowest BCUT2D eigenvalue weighted by Gasteiger charge is -2.02. The van der Waals surface area contributed by atoms with Crippen molar-refractivity contribution in [1.82, 2.24) is 0 Å². The number of carbonyl (C=O) groups excluding carboxylic acids is 1. The Morgan fingerprint density at radius 1 is 1.38 bits per heavy atom. The maximum Gasteiger partial charge on any atom is 0.158 e. The molecule has 1 atom stereocenters. The fraction of sp³-hybridized carbons (Fsp3) is 0.308. The van der Waals surface area contributed by atoms with Gasteiger partial charge in [-0.05, 0) is 30.2 Å². The summed E-state index contributed by atoms with van der Waals surface area (Å²) in [6.07, 6.45) is 4.20. The largest absolute Gasteiger partial charge is 0.295 e. The number of ketones is 1. The number of hydrogen-bond acceptors (Lipinski definition) is 1. The van der Waals surface area contributed by atoms with E-state index in [1.807, 2.05) is 19.9 Å². The number of halogens is 2. The molecular weight excluding hydrogens is 243 g/mol. The second-order valence-electron chi connectivity index (χ2n) is 3.72. The Bertz CT molecular complexity index is 410. The lowest BCUT2D eigenvalue weighted by Crippen LogP contribution is -2.05. The van der Waals surface area contributed by atoms with Crippen LogP contribution in [0, 0.1) is 5.92 Å². The van der Waals surface area contributed by atoms with Gasteiger partial charge in [-0.3, -0.25) is 4.79 Å². The summed E-state index contributed by atoms with van der Waals surface area (Å²) < 4.78 is 0. The van der Waals surface area contributed by atoms with Crippen molar-refractivity contribution in [2.24, 2.45) is 5.92 Å². The van der Waals surface area contributed by atoms with Gasteiger partial charge in [0.1, 0.15) is 0 Å². The molecule has 0 radical (unpaired) electrons. The van der Waals surface area contributed by atoms with Crippen LogP contribution in [0.5, 0.6) is 0 Å². The van der Waals surface area contributed by atoms with Gasteiger partial charge in [0.2, 0.25) is 0 Å². The molecule has 0 aliphatic rings. The smallest absolute Gasteiger partial charge is 0.158 e. The van der Waals surface area contributed by atoms with Crippen LogP contribution >= 0.6 is 23.2 Å². The van der Waals surface area contributed by atoms with Gasteiger partial charge in [0.15, 0.2) is 5.78 Å². The van der Waals surface area contributed by atoms with Gasteiger partial charge in [0, 0.05) is 5.92 Å². The van der Waals surface area contributed by atoms with Gasteiger partial charge in [-0.1, -0.05) is 49.2 Å². The third-order valence-electron chi connectivity index (χ3n) is 2.48. The quantitative estimate of drug-likeness (QED) is 0.719. The molecule has 86 valence electrons. The summed E-state index contributed by atoms with van der Waals surface area (Å²) in [5, 5.41) is 1.02. The maximum atomic E-state index is 11.6. The van der Waals surface area contributed by atoms with E-state index in [-0.39, 0.29) is 11.7 Å². The van der Waals surface area contributed by atoms with E-state index < -0.39 is 0 Å². The monoisotopic (exact) mass is 256 g/mol. The van der Waals surface area contributed by atoms with Crippen LogP contribution < -0.4 is 0 Å². The van der Waals surface area contributed by atoms with Crippen LogP contribution in [-0.2, 0) is 4.79 Å². The van der Waals surface area contributed by atoms with Crippen LogP contribution in [0.2, 0.25) is 10.0 Å². The minimum atomic E-state index is 0.0685. The standard InChI is InChI=1S/C13H14Cl2O/c1-3-9(2)13(16)7-5-10-4-6-11(14)12(15)8-10/h4-9H,3H2,1-2H3/b7-5-/t9-/m0/s1. The molecular formula is C13H14Cl2O. The Hall–Kier alpha value is -0.790. The highest BCUT2D eigenvalue weighted by Gasteiger charge is 2.06. The molecule has 0 N–H and O–H groups in total. The van der Waals surface area contributed by atoms with Gasteiger partial charge in [0.25, 0.3) is 0 Å². The molecule has 0 spiro atoms. The van der Waals surface area contributed by atoms with Gasteiger partial charge in [0.05, 0.1) is 10.0 Å². The van der Waals surface area contributed by atoms with Crippen molar-refractivity contribution in [2.45, 2.75) is 20.3 Å². The highest BCUT2D eigenvalue weighted by molar-refractivity contribution is 6.42. The number of allylic oxidation sites excluding steroid dienone is 1. The van der Waals surface area contributed by atoms with Gasteiger partial charge in [-0.25, -0.2) is 0 Å². The second-order valence-corrected chi connectivity index (χ2v) is 4.53. The van der Waals surface area contributed by atoms with Crippen LogP contribution in [0.3, 0.4) is 0 Å². The fourth-order valence-electron chi connectivity index (χ4n) is 1.16. The molecule has 0 aliphatic heterocycles. The zero-order valence-electron chi connectivity index (χ0n) is 9.34. The summed E-state index contributed by atoms with van der Waals surface area (Å²) in [5.74, 6) is 0.201. The van der Waals surface area contributed by atoms with E-state index in [4.69, 9.17) is 23.2 Å². The molecule has 0 aliphatic carbocycles. The SMILES string of the molecule is CC[C@H](C)C(=O)/C=C\c1ccc(Cl)c(Cl)c1. The lowest BCUT2D eigenvalue weighted by molar-refractivity contribution is -0.117. The molecule has 0 amide bonds. The lowest BCUT2D eigenvalue weighted by atomic mass is 10.0. The van der Waals surface area contributed by atoms with Crippen LogP contribution in [0.15, 0.2) is 24.3 Å². The first kappa shape index (κ1) is 13.3. The van der Waals surface area contributed by atoms with Crippen molar-refractivity contribution in [3.63, 3.8) is 0 Å². The number of rotatable bonds is 4. The summed E-state index contributed by atoms with van der Waals surface area (Å²) in [7, 11) is 0. The second kappa shape index (κ2) is 6.07. The van der Waals surface area contributed by atoms with E-state index in [1.54, 1.807) is 24.3 Å². The highest BCUT2D eigenvalue weighted by atomic mass is 35.5. The predicted molar refractivity (Wildman–Crippen MR) is 70.0 cm³/mol. The van der Waals surface area contributed by atoms with Crippen LogP contribution in [0.4, 0.5) is 0 Å². The van der Waals surface area contributed by atoms with Crippen molar-refractivity contribution in [3.8, 4) is 0 Å². The van der Waals surface area contributed by atoms with Crippen LogP contribution in [0.25, 0.3) is 6.08 Å². The highest BCUT2D eigenvalue weighted by Crippen LogP contribution is 2.23. The summed E-state index contributed by atoms with van der Waals surface area (Å²) >= 11 is 11.7. The van der Waals surface area contributed by atoms with Crippen LogP contribution in [0.1, 0.15) is 25.8 Å². The zero-order valence-corrected chi connectivity index (χ0v) is 10.8.